The van der Waals surface area contributed by atoms with Crippen LogP contribution in [-0.2, 0) is 19.1 Å². The van der Waals surface area contributed by atoms with Crippen LogP contribution in [0, 0.1) is 0 Å². The summed E-state index contributed by atoms with van der Waals surface area (Å²) in [5, 5.41) is 8.05. The van der Waals surface area contributed by atoms with Gasteiger partial charge < -0.3 is 20.3 Å². The second kappa shape index (κ2) is 22.0. The maximum Gasteiger partial charge on any atom is 0.332 e. The normalized spacial score (nSPS) is 7.65. The largest absolute Gasteiger partial charge is 0.460 e. The zero-order valence-electron chi connectivity index (χ0n) is 11.6. The molecule has 6 heteroatoms. The molecule has 0 aromatic heterocycles. The monoisotopic (exact) mass is 285 g/mol. The smallest absolute Gasteiger partial charge is 0.332 e. The molecule has 20 heavy (non-hydrogen) atoms. The van der Waals surface area contributed by atoms with Gasteiger partial charge in [-0.3, -0.25) is 4.79 Å². The van der Waals surface area contributed by atoms with Crippen molar-refractivity contribution in [1.29, 1.82) is 0 Å². The van der Waals surface area contributed by atoms with Crippen LogP contribution in [0.25, 0.3) is 0 Å². The fourth-order valence-electron chi connectivity index (χ4n) is 0.432. The summed E-state index contributed by atoms with van der Waals surface area (Å²) >= 11 is 0. The van der Waals surface area contributed by atoms with E-state index in [9.17, 15) is 9.59 Å². The summed E-state index contributed by atoms with van der Waals surface area (Å²) in [7, 11) is 0. The highest BCUT2D eigenvalue weighted by Crippen LogP contribution is 1.74. The van der Waals surface area contributed by atoms with Crippen LogP contribution in [0.4, 0.5) is 0 Å². The molecular weight excluding hydrogens is 262 g/mol. The van der Waals surface area contributed by atoms with Gasteiger partial charge >= 0.3 is 5.97 Å². The van der Waals surface area contributed by atoms with Crippen molar-refractivity contribution in [3.63, 3.8) is 0 Å². The Morgan fingerprint density at radius 1 is 1.00 bits per heavy atom. The van der Waals surface area contributed by atoms with Gasteiger partial charge in [0.15, 0.2) is 0 Å². The van der Waals surface area contributed by atoms with Crippen LogP contribution in [0.1, 0.15) is 0 Å². The number of amides is 1. The molecule has 0 aromatic rings. The summed E-state index contributed by atoms with van der Waals surface area (Å²) in [6.45, 7) is 14.2. The fraction of sp³-hybridized carbons (Fsp3) is 0.286. The molecule has 0 atom stereocenters. The molecule has 0 radical (unpaired) electrons. The number of aliphatic hydroxyl groups is 1. The predicted molar refractivity (Wildman–Crippen MR) is 78.8 cm³/mol. The minimum Gasteiger partial charge on any atom is -0.460 e. The third-order valence-electron chi connectivity index (χ3n) is 1.16. The van der Waals surface area contributed by atoms with Gasteiger partial charge in [0.05, 0.1) is 13.2 Å². The zero-order valence-corrected chi connectivity index (χ0v) is 11.6. The van der Waals surface area contributed by atoms with Gasteiger partial charge in [0.2, 0.25) is 5.91 Å². The van der Waals surface area contributed by atoms with Crippen LogP contribution in [0.5, 0.6) is 0 Å². The van der Waals surface area contributed by atoms with E-state index in [2.05, 4.69) is 36.8 Å². The van der Waals surface area contributed by atoms with Crippen LogP contribution in [-0.4, -0.2) is 43.4 Å². The summed E-state index contributed by atoms with van der Waals surface area (Å²) in [6, 6.07) is 0. The lowest BCUT2D eigenvalue weighted by molar-refractivity contribution is -0.145. The third kappa shape index (κ3) is 36.0. The Balaban J connectivity index is -0.000000223. The molecule has 0 bridgehead atoms. The number of hydrogen-bond donors (Lipinski definition) is 2. The van der Waals surface area contributed by atoms with Crippen molar-refractivity contribution >= 4 is 11.9 Å². The summed E-state index contributed by atoms with van der Waals surface area (Å²) in [5.41, 5.74) is 4.53. The van der Waals surface area contributed by atoms with Crippen molar-refractivity contribution in [3.05, 3.63) is 50.6 Å². The van der Waals surface area contributed by atoms with Gasteiger partial charge in [-0.2, -0.15) is 0 Å². The number of carbonyl (C=O) groups is 2. The summed E-state index contributed by atoms with van der Waals surface area (Å²) < 4.78 is 9.23. The number of primary amides is 1. The van der Waals surface area contributed by atoms with E-state index < -0.39 is 18.5 Å². The molecule has 0 heterocycles. The van der Waals surface area contributed by atoms with E-state index in [1.165, 1.54) is 6.08 Å². The number of rotatable bonds is 8. The lowest BCUT2D eigenvalue weighted by Gasteiger charge is -1.94. The minimum atomic E-state index is -0.620. The van der Waals surface area contributed by atoms with Crippen molar-refractivity contribution in [1.82, 2.24) is 0 Å². The van der Waals surface area contributed by atoms with Crippen molar-refractivity contribution in [2.45, 2.75) is 0 Å². The number of carbonyl (C=O) groups excluding carboxylic acids is 2. The van der Waals surface area contributed by atoms with Crippen LogP contribution < -0.4 is 5.73 Å². The van der Waals surface area contributed by atoms with Gasteiger partial charge in [-0.15, -0.1) is 13.2 Å². The van der Waals surface area contributed by atoms with Crippen molar-refractivity contribution < 1.29 is 24.2 Å². The van der Waals surface area contributed by atoms with Crippen molar-refractivity contribution in [3.8, 4) is 0 Å². The van der Waals surface area contributed by atoms with E-state index in [1.807, 2.05) is 0 Å². The van der Waals surface area contributed by atoms with E-state index in [4.69, 9.17) is 9.84 Å². The topological polar surface area (TPSA) is 98.9 Å². The van der Waals surface area contributed by atoms with E-state index in [0.717, 1.165) is 6.08 Å². The van der Waals surface area contributed by atoms with Gasteiger partial charge in [0.25, 0.3) is 0 Å². The van der Waals surface area contributed by atoms with E-state index in [0.29, 0.717) is 13.2 Å². The lowest BCUT2D eigenvalue weighted by Crippen LogP contribution is -2.08. The predicted octanol–water partition coefficient (Wildman–Crippen LogP) is 0.741. The minimum absolute atomic E-state index is 0.166. The van der Waals surface area contributed by atoms with Crippen molar-refractivity contribution in [2.75, 3.05) is 26.4 Å². The molecule has 0 aliphatic rings. The summed E-state index contributed by atoms with van der Waals surface area (Å²) in [5.74, 6) is -1.10. The molecular formula is C14H23NO5. The first-order valence-electron chi connectivity index (χ1n) is 5.58. The summed E-state index contributed by atoms with van der Waals surface area (Å²) in [6.07, 6.45) is 5.92. The molecule has 0 saturated heterocycles. The number of hydrogen-bond acceptors (Lipinski definition) is 5. The molecule has 0 unspecified atom stereocenters. The highest BCUT2D eigenvalue weighted by molar-refractivity contribution is 5.84. The number of aliphatic hydroxyl groups excluding tert-OH is 1. The zero-order chi connectivity index (χ0) is 16.2. The van der Waals surface area contributed by atoms with Gasteiger partial charge in [0, 0.05) is 0 Å². The molecule has 1 amide bonds. The maximum absolute atomic E-state index is 10.1. The van der Waals surface area contributed by atoms with Gasteiger partial charge in [-0.25, -0.2) is 4.79 Å². The first-order chi connectivity index (χ1) is 9.49. The lowest BCUT2D eigenvalue weighted by atomic mass is 10.6. The second-order valence-electron chi connectivity index (χ2n) is 2.85. The Hall–Kier alpha value is -2.18. The Kier molecular flexibility index (Phi) is 25.3. The Labute approximate surface area is 119 Å². The average molecular weight is 285 g/mol. The molecule has 0 aromatic carbocycles. The number of ether oxygens (including phenoxy) is 2. The first-order valence-corrected chi connectivity index (χ1v) is 5.58. The molecule has 114 valence electrons. The van der Waals surface area contributed by atoms with Crippen molar-refractivity contribution in [2.24, 2.45) is 5.73 Å². The van der Waals surface area contributed by atoms with E-state index in [-0.39, 0.29) is 6.61 Å². The molecule has 0 fully saturated rings. The van der Waals surface area contributed by atoms with Crippen LogP contribution in [0.15, 0.2) is 50.6 Å². The molecule has 0 spiro atoms. The Bertz CT molecular complexity index is 292. The summed E-state index contributed by atoms with van der Waals surface area (Å²) in [4.78, 5) is 19.5. The van der Waals surface area contributed by atoms with Crippen LogP contribution in [0.2, 0.25) is 0 Å². The van der Waals surface area contributed by atoms with Gasteiger partial charge in [-0.1, -0.05) is 31.4 Å². The average Bonchev–Trinajstić information content (AvgIpc) is 2.46. The SMILES string of the molecule is C=CC(N)=O.C=CCOC(=O)CO.C=CCOCC=C. The van der Waals surface area contributed by atoms with Crippen LogP contribution >= 0.6 is 0 Å². The standard InChI is InChI=1S/C6H10O.C5H8O3.C3H5NO/c1-3-5-7-6-4-2;1-2-3-8-5(7)4-6;1-2-3(4)5/h3-4H,1-2,5-6H2;2,6H,1,3-4H2;2H,1H2,(H2,4,5). The molecule has 0 saturated carbocycles. The highest BCUT2D eigenvalue weighted by atomic mass is 16.5. The molecule has 3 N–H and O–H groups in total. The van der Waals surface area contributed by atoms with E-state index >= 15 is 0 Å². The van der Waals surface area contributed by atoms with Gasteiger partial charge in [-0.05, 0) is 6.08 Å². The second-order valence-corrected chi connectivity index (χ2v) is 2.85. The first kappa shape index (κ1) is 23.0. The highest BCUT2D eigenvalue weighted by Gasteiger charge is 1.93. The third-order valence-corrected chi connectivity index (χ3v) is 1.16. The number of esters is 1. The molecule has 0 aliphatic carbocycles. The fourth-order valence-corrected chi connectivity index (χ4v) is 0.432. The molecule has 0 aliphatic heterocycles. The number of nitrogens with two attached hydrogens (primary N) is 1. The maximum atomic E-state index is 10.1. The van der Waals surface area contributed by atoms with E-state index in [1.54, 1.807) is 12.2 Å². The Morgan fingerprint density at radius 2 is 1.40 bits per heavy atom. The van der Waals surface area contributed by atoms with Crippen LogP contribution in [0.3, 0.4) is 0 Å². The Morgan fingerprint density at radius 3 is 1.65 bits per heavy atom. The molecule has 0 rings (SSSR count). The quantitative estimate of drug-likeness (QED) is 0.296. The molecule has 6 nitrogen and oxygen atoms in total. The van der Waals surface area contributed by atoms with Gasteiger partial charge in [0.1, 0.15) is 13.2 Å².